The zero-order chi connectivity index (χ0) is 19.4. The van der Waals surface area contributed by atoms with Crippen molar-refractivity contribution in [2.75, 3.05) is 21.3 Å². The molecule has 1 amide bonds. The second kappa shape index (κ2) is 8.09. The van der Waals surface area contributed by atoms with Gasteiger partial charge in [0, 0.05) is 12.1 Å². The van der Waals surface area contributed by atoms with Crippen molar-refractivity contribution in [1.29, 1.82) is 0 Å². The molecule has 0 spiro atoms. The van der Waals surface area contributed by atoms with Gasteiger partial charge in [0.15, 0.2) is 16.3 Å². The molecule has 0 atom stereocenters. The number of nitrogens with zero attached hydrogens (tertiary/aromatic N) is 2. The summed E-state index contributed by atoms with van der Waals surface area (Å²) in [4.78, 5) is 17.7. The van der Waals surface area contributed by atoms with E-state index in [-0.39, 0.29) is 5.91 Å². The van der Waals surface area contributed by atoms with E-state index in [4.69, 9.17) is 14.2 Å². The van der Waals surface area contributed by atoms with Crippen LogP contribution >= 0.6 is 11.3 Å². The van der Waals surface area contributed by atoms with Gasteiger partial charge in [0.25, 0.3) is 5.91 Å². The molecule has 6 nitrogen and oxygen atoms in total. The lowest BCUT2D eigenvalue weighted by molar-refractivity contribution is 0.0997. The first-order valence-electron chi connectivity index (χ1n) is 8.21. The molecule has 3 rings (SSSR count). The van der Waals surface area contributed by atoms with Gasteiger partial charge in [0.1, 0.15) is 11.3 Å². The summed E-state index contributed by atoms with van der Waals surface area (Å²) in [6, 6.07) is 10.7. The van der Waals surface area contributed by atoms with Crippen molar-refractivity contribution in [3.8, 4) is 17.2 Å². The third-order valence-corrected chi connectivity index (χ3v) is 5.07. The maximum absolute atomic E-state index is 12.7. The molecule has 1 heterocycles. The highest BCUT2D eigenvalue weighted by molar-refractivity contribution is 7.16. The van der Waals surface area contributed by atoms with Gasteiger partial charge in [-0.15, -0.1) is 6.58 Å². The molecule has 0 N–H and O–H groups in total. The van der Waals surface area contributed by atoms with Crippen LogP contribution in [-0.4, -0.2) is 31.8 Å². The summed E-state index contributed by atoms with van der Waals surface area (Å²) in [6.45, 7) is 4.32. The van der Waals surface area contributed by atoms with Crippen LogP contribution in [-0.2, 0) is 6.54 Å². The van der Waals surface area contributed by atoms with E-state index in [2.05, 4.69) is 11.6 Å². The molecule has 0 saturated carbocycles. The van der Waals surface area contributed by atoms with E-state index in [0.29, 0.717) is 28.4 Å². The number of benzene rings is 2. The fraction of sp³-hybridized carbons (Fsp3) is 0.200. The summed E-state index contributed by atoms with van der Waals surface area (Å²) in [5, 5.41) is 0. The van der Waals surface area contributed by atoms with Gasteiger partial charge in [-0.1, -0.05) is 23.5 Å². The van der Waals surface area contributed by atoms with Gasteiger partial charge in [-0.2, -0.15) is 4.99 Å². The second-order valence-electron chi connectivity index (χ2n) is 5.58. The first-order valence-corrected chi connectivity index (χ1v) is 9.03. The minimum absolute atomic E-state index is 0.362. The number of para-hydroxylation sites is 1. The maximum Gasteiger partial charge on any atom is 0.279 e. The predicted molar refractivity (Wildman–Crippen MR) is 106 cm³/mol. The Kier molecular flexibility index (Phi) is 5.61. The van der Waals surface area contributed by atoms with E-state index >= 15 is 0 Å². The lowest BCUT2D eigenvalue weighted by atomic mass is 10.2. The average Bonchev–Trinajstić information content (AvgIpc) is 3.04. The van der Waals surface area contributed by atoms with E-state index in [1.165, 1.54) is 18.4 Å². The summed E-state index contributed by atoms with van der Waals surface area (Å²) in [7, 11) is 4.70. The maximum atomic E-state index is 12.7. The molecule has 27 heavy (non-hydrogen) atoms. The highest BCUT2D eigenvalue weighted by Gasteiger charge is 2.14. The molecular formula is C20H20N2O4S. The molecule has 1 aromatic heterocycles. The summed E-state index contributed by atoms with van der Waals surface area (Å²) < 4.78 is 18.8. The zero-order valence-corrected chi connectivity index (χ0v) is 16.2. The quantitative estimate of drug-likeness (QED) is 0.609. The Morgan fingerprint density at radius 1 is 1.11 bits per heavy atom. The number of amides is 1. The van der Waals surface area contributed by atoms with Crippen LogP contribution in [0.2, 0.25) is 0 Å². The summed E-state index contributed by atoms with van der Waals surface area (Å²) in [6.07, 6.45) is 1.76. The third-order valence-electron chi connectivity index (χ3n) is 4.02. The van der Waals surface area contributed by atoms with Gasteiger partial charge >= 0.3 is 0 Å². The van der Waals surface area contributed by atoms with E-state index in [1.54, 1.807) is 38.5 Å². The first-order chi connectivity index (χ1) is 13.1. The number of hydrogen-bond donors (Lipinski definition) is 0. The van der Waals surface area contributed by atoms with Crippen LogP contribution in [0, 0.1) is 0 Å². The van der Waals surface area contributed by atoms with Crippen molar-refractivity contribution in [2.45, 2.75) is 6.54 Å². The van der Waals surface area contributed by atoms with E-state index in [0.717, 1.165) is 16.0 Å². The fourth-order valence-electron chi connectivity index (χ4n) is 2.77. The third kappa shape index (κ3) is 3.59. The Morgan fingerprint density at radius 2 is 1.85 bits per heavy atom. The Bertz CT molecular complexity index is 1070. The molecule has 0 radical (unpaired) electrons. The molecule has 140 valence electrons. The van der Waals surface area contributed by atoms with Crippen molar-refractivity contribution in [2.24, 2.45) is 4.99 Å². The number of allylic oxidation sites excluding steroid dienone is 1. The summed E-state index contributed by atoms with van der Waals surface area (Å²) in [5.74, 6) is 1.41. The molecule has 0 fully saturated rings. The normalized spacial score (nSPS) is 11.4. The molecule has 0 aliphatic rings. The van der Waals surface area contributed by atoms with E-state index in [1.807, 2.05) is 22.8 Å². The summed E-state index contributed by atoms with van der Waals surface area (Å²) >= 11 is 1.43. The number of methoxy groups -OCH3 is 3. The van der Waals surface area contributed by atoms with Crippen molar-refractivity contribution < 1.29 is 19.0 Å². The first kappa shape index (κ1) is 18.7. The number of carbonyl (C=O) groups excluding carboxylic acids is 1. The number of thiazole rings is 1. The number of aromatic nitrogens is 1. The lowest BCUT2D eigenvalue weighted by Gasteiger charge is -2.08. The fourth-order valence-corrected chi connectivity index (χ4v) is 3.82. The van der Waals surface area contributed by atoms with Crippen LogP contribution in [0.1, 0.15) is 10.4 Å². The van der Waals surface area contributed by atoms with Crippen LogP contribution in [0.25, 0.3) is 10.2 Å². The number of ether oxygens (including phenoxy) is 3. The standard InChI is InChI=1S/C20H20N2O4S/c1-5-11-22-18-15(25-3)7-6-8-17(18)27-20(22)21-19(23)13-9-10-14(24-2)16(12-13)26-4/h5-10,12H,1,11H2,2-4H3. The van der Waals surface area contributed by atoms with Gasteiger partial charge in [-0.3, -0.25) is 4.79 Å². The Morgan fingerprint density at radius 3 is 2.52 bits per heavy atom. The molecule has 0 aliphatic heterocycles. The molecule has 2 aromatic carbocycles. The van der Waals surface area contributed by atoms with Gasteiger partial charge < -0.3 is 18.8 Å². The van der Waals surface area contributed by atoms with Crippen LogP contribution in [0.15, 0.2) is 54.0 Å². The Labute approximate surface area is 161 Å². The molecule has 0 bridgehead atoms. The molecule has 3 aromatic rings. The minimum Gasteiger partial charge on any atom is -0.495 e. The van der Waals surface area contributed by atoms with Crippen LogP contribution < -0.4 is 19.0 Å². The number of rotatable bonds is 6. The largest absolute Gasteiger partial charge is 0.495 e. The SMILES string of the molecule is C=CCn1c(=NC(=O)c2ccc(OC)c(OC)c2)sc2cccc(OC)c21. The molecule has 0 aliphatic carbocycles. The number of carbonyl (C=O) groups is 1. The van der Waals surface area contributed by atoms with Crippen LogP contribution in [0.4, 0.5) is 0 Å². The number of fused-ring (bicyclic) bond motifs is 1. The predicted octanol–water partition coefficient (Wildman–Crippen LogP) is 3.66. The highest BCUT2D eigenvalue weighted by atomic mass is 32.1. The minimum atomic E-state index is -0.362. The number of hydrogen-bond acceptors (Lipinski definition) is 5. The monoisotopic (exact) mass is 384 g/mol. The average molecular weight is 384 g/mol. The Balaban J connectivity index is 2.14. The van der Waals surface area contributed by atoms with Crippen molar-refractivity contribution in [3.63, 3.8) is 0 Å². The van der Waals surface area contributed by atoms with Gasteiger partial charge in [-0.05, 0) is 30.3 Å². The van der Waals surface area contributed by atoms with Gasteiger partial charge in [0.05, 0.1) is 26.0 Å². The van der Waals surface area contributed by atoms with Crippen LogP contribution in [0.5, 0.6) is 17.2 Å². The zero-order valence-electron chi connectivity index (χ0n) is 15.4. The van der Waals surface area contributed by atoms with Crippen molar-refractivity contribution in [1.82, 2.24) is 4.57 Å². The van der Waals surface area contributed by atoms with Crippen LogP contribution in [0.3, 0.4) is 0 Å². The smallest absolute Gasteiger partial charge is 0.279 e. The molecule has 0 saturated heterocycles. The topological polar surface area (TPSA) is 62.1 Å². The van der Waals surface area contributed by atoms with Crippen molar-refractivity contribution >= 4 is 27.5 Å². The lowest BCUT2D eigenvalue weighted by Crippen LogP contribution is -2.16. The molecule has 0 unspecified atom stereocenters. The molecular weight excluding hydrogens is 364 g/mol. The van der Waals surface area contributed by atoms with Gasteiger partial charge in [-0.25, -0.2) is 0 Å². The molecule has 7 heteroatoms. The van der Waals surface area contributed by atoms with Crippen molar-refractivity contribution in [3.05, 3.63) is 59.4 Å². The second-order valence-corrected chi connectivity index (χ2v) is 6.59. The summed E-state index contributed by atoms with van der Waals surface area (Å²) in [5.41, 5.74) is 1.31. The van der Waals surface area contributed by atoms with E-state index < -0.39 is 0 Å². The van der Waals surface area contributed by atoms with E-state index in [9.17, 15) is 4.79 Å². The highest BCUT2D eigenvalue weighted by Crippen LogP contribution is 2.29. The van der Waals surface area contributed by atoms with Gasteiger partial charge in [0.2, 0.25) is 0 Å². The Hall–Kier alpha value is -3.06.